The third-order valence-corrected chi connectivity index (χ3v) is 4.81. The Kier molecular flexibility index (Phi) is 6.95. The van der Waals surface area contributed by atoms with Crippen molar-refractivity contribution in [1.82, 2.24) is 10.2 Å². The summed E-state index contributed by atoms with van der Waals surface area (Å²) >= 11 is 5.39. The molecule has 0 saturated carbocycles. The molecule has 2 aromatic rings. The molecule has 3 rings (SSSR count). The van der Waals surface area contributed by atoms with Crippen LogP contribution in [0.15, 0.2) is 54.6 Å². The van der Waals surface area contributed by atoms with E-state index in [4.69, 9.17) is 12.2 Å². The molecule has 0 spiro atoms. The van der Waals surface area contributed by atoms with Crippen molar-refractivity contribution in [2.24, 2.45) is 0 Å². The van der Waals surface area contributed by atoms with E-state index in [0.717, 1.165) is 13.1 Å². The van der Waals surface area contributed by atoms with Gasteiger partial charge in [-0.3, -0.25) is 4.90 Å². The van der Waals surface area contributed by atoms with Gasteiger partial charge in [0.05, 0.1) is 6.04 Å². The Morgan fingerprint density at radius 3 is 2.33 bits per heavy atom. The van der Waals surface area contributed by atoms with Crippen LogP contribution < -0.4 is 15.4 Å². The molecule has 1 aliphatic rings. The monoisotopic (exact) mass is 391 g/mol. The second-order valence-electron chi connectivity index (χ2n) is 6.41. The largest absolute Gasteiger partial charge is 0.435 e. The molecule has 1 heterocycles. The van der Waals surface area contributed by atoms with Crippen molar-refractivity contribution < 1.29 is 13.5 Å². The highest BCUT2D eigenvalue weighted by molar-refractivity contribution is 7.80. The number of anilines is 1. The first-order valence-corrected chi connectivity index (χ1v) is 9.41. The van der Waals surface area contributed by atoms with Crippen molar-refractivity contribution in [3.05, 3.63) is 60.2 Å². The van der Waals surface area contributed by atoms with E-state index in [0.29, 0.717) is 17.3 Å². The highest BCUT2D eigenvalue weighted by Crippen LogP contribution is 2.24. The smallest absolute Gasteiger partial charge is 0.387 e. The van der Waals surface area contributed by atoms with E-state index in [-0.39, 0.29) is 11.8 Å². The summed E-state index contributed by atoms with van der Waals surface area (Å²) in [5, 5.41) is 6.86. The van der Waals surface area contributed by atoms with Crippen molar-refractivity contribution in [2.75, 3.05) is 25.0 Å². The highest BCUT2D eigenvalue weighted by Gasteiger charge is 2.23. The van der Waals surface area contributed by atoms with Gasteiger partial charge < -0.3 is 15.4 Å². The third-order valence-electron chi connectivity index (χ3n) is 4.56. The second-order valence-corrected chi connectivity index (χ2v) is 6.82. The predicted molar refractivity (Wildman–Crippen MR) is 107 cm³/mol. The number of alkyl halides is 2. The van der Waals surface area contributed by atoms with Gasteiger partial charge in [0, 0.05) is 12.2 Å². The Morgan fingerprint density at radius 1 is 1.04 bits per heavy atom. The minimum Gasteiger partial charge on any atom is -0.435 e. The number of thiocarbonyl (C=S) groups is 1. The minimum absolute atomic E-state index is 0.118. The van der Waals surface area contributed by atoms with E-state index < -0.39 is 6.61 Å². The summed E-state index contributed by atoms with van der Waals surface area (Å²) in [6.45, 7) is 0.0507. The fourth-order valence-electron chi connectivity index (χ4n) is 3.27. The quantitative estimate of drug-likeness (QED) is 0.684. The van der Waals surface area contributed by atoms with E-state index in [2.05, 4.69) is 44.5 Å². The molecule has 7 heteroatoms. The third kappa shape index (κ3) is 5.87. The number of halogens is 2. The predicted octanol–water partition coefficient (Wildman–Crippen LogP) is 4.41. The Hall–Kier alpha value is -2.25. The van der Waals surface area contributed by atoms with E-state index in [1.807, 2.05) is 6.07 Å². The summed E-state index contributed by atoms with van der Waals surface area (Å²) in [5.74, 6) is 0.118. The lowest BCUT2D eigenvalue weighted by Gasteiger charge is -2.28. The van der Waals surface area contributed by atoms with Gasteiger partial charge >= 0.3 is 6.61 Å². The lowest BCUT2D eigenvalue weighted by atomic mass is 10.1. The first-order chi connectivity index (χ1) is 13.1. The van der Waals surface area contributed by atoms with Crippen LogP contribution >= 0.6 is 12.2 Å². The molecule has 0 aliphatic carbocycles. The van der Waals surface area contributed by atoms with Crippen LogP contribution in [0.4, 0.5) is 14.5 Å². The number of benzene rings is 2. The van der Waals surface area contributed by atoms with E-state index >= 15 is 0 Å². The molecule has 144 valence electrons. The highest BCUT2D eigenvalue weighted by atomic mass is 32.1. The molecule has 0 unspecified atom stereocenters. The minimum atomic E-state index is -2.83. The molecular formula is C20H23F2N3OS. The number of hydrogen-bond donors (Lipinski definition) is 2. The topological polar surface area (TPSA) is 36.5 Å². The van der Waals surface area contributed by atoms with Gasteiger partial charge in [-0.2, -0.15) is 8.78 Å². The summed E-state index contributed by atoms with van der Waals surface area (Å²) < 4.78 is 28.7. The summed E-state index contributed by atoms with van der Waals surface area (Å²) in [6, 6.07) is 16.9. The van der Waals surface area contributed by atoms with Crippen molar-refractivity contribution in [3.8, 4) is 5.75 Å². The molecule has 0 bridgehead atoms. The zero-order valence-corrected chi connectivity index (χ0v) is 15.7. The summed E-state index contributed by atoms with van der Waals surface area (Å²) in [7, 11) is 0. The van der Waals surface area contributed by atoms with Crippen molar-refractivity contribution >= 4 is 23.0 Å². The molecule has 1 saturated heterocycles. The zero-order valence-electron chi connectivity index (χ0n) is 14.9. The number of ether oxygens (including phenoxy) is 1. The van der Waals surface area contributed by atoms with Gasteiger partial charge in [0.25, 0.3) is 0 Å². The SMILES string of the molecule is FC(F)Oc1ccc(NC(=S)NC[C@@H](c2ccccc2)N2CCCC2)cc1. The maximum Gasteiger partial charge on any atom is 0.387 e. The molecule has 1 aliphatic heterocycles. The Morgan fingerprint density at radius 2 is 1.70 bits per heavy atom. The van der Waals surface area contributed by atoms with Crippen molar-refractivity contribution in [3.63, 3.8) is 0 Å². The summed E-state index contributed by atoms with van der Waals surface area (Å²) in [5.41, 5.74) is 1.98. The maximum absolute atomic E-state index is 12.2. The van der Waals surface area contributed by atoms with Crippen LogP contribution in [0.2, 0.25) is 0 Å². The van der Waals surface area contributed by atoms with Crippen molar-refractivity contribution in [2.45, 2.75) is 25.5 Å². The lowest BCUT2D eigenvalue weighted by Crippen LogP contribution is -2.38. The van der Waals surface area contributed by atoms with Gasteiger partial charge in [-0.1, -0.05) is 30.3 Å². The van der Waals surface area contributed by atoms with Crippen LogP contribution in [0, 0.1) is 0 Å². The number of nitrogens with one attached hydrogen (secondary N) is 2. The van der Waals surface area contributed by atoms with Crippen LogP contribution in [-0.2, 0) is 0 Å². The Balaban J connectivity index is 1.56. The molecule has 1 atom stereocenters. The van der Waals surface area contributed by atoms with Gasteiger partial charge in [0.15, 0.2) is 5.11 Å². The molecule has 0 aromatic heterocycles. The molecule has 27 heavy (non-hydrogen) atoms. The first-order valence-electron chi connectivity index (χ1n) is 9.00. The van der Waals surface area contributed by atoms with Crippen LogP contribution in [-0.4, -0.2) is 36.3 Å². The van der Waals surface area contributed by atoms with E-state index in [9.17, 15) is 8.78 Å². The standard InChI is InChI=1S/C20H23F2N3OS/c21-19(22)26-17-10-8-16(9-11-17)24-20(27)23-14-18(25-12-4-5-13-25)15-6-2-1-3-7-15/h1-3,6-11,18-19H,4-5,12-14H2,(H2,23,24,27)/t18-/m0/s1. The molecular weight excluding hydrogens is 368 g/mol. The number of likely N-dealkylation sites (tertiary alicyclic amines) is 1. The maximum atomic E-state index is 12.2. The zero-order chi connectivity index (χ0) is 19.1. The van der Waals surface area contributed by atoms with Gasteiger partial charge in [-0.05, 0) is 68.0 Å². The van der Waals surface area contributed by atoms with Gasteiger partial charge in [-0.25, -0.2) is 0 Å². The number of rotatable bonds is 7. The molecule has 1 fully saturated rings. The van der Waals surface area contributed by atoms with E-state index in [1.165, 1.54) is 30.5 Å². The van der Waals surface area contributed by atoms with E-state index in [1.54, 1.807) is 12.1 Å². The fraction of sp³-hybridized carbons (Fsp3) is 0.350. The van der Waals surface area contributed by atoms with Gasteiger partial charge in [0.2, 0.25) is 0 Å². The average molecular weight is 391 g/mol. The van der Waals surface area contributed by atoms with Crippen LogP contribution in [0.5, 0.6) is 5.75 Å². The Bertz CT molecular complexity index is 722. The summed E-state index contributed by atoms with van der Waals surface area (Å²) in [6.07, 6.45) is 2.44. The molecule has 4 nitrogen and oxygen atoms in total. The van der Waals surface area contributed by atoms with Gasteiger partial charge in [-0.15, -0.1) is 0 Å². The molecule has 0 radical (unpaired) electrons. The molecule has 2 aromatic carbocycles. The number of hydrogen-bond acceptors (Lipinski definition) is 3. The van der Waals surface area contributed by atoms with Crippen molar-refractivity contribution in [1.29, 1.82) is 0 Å². The second kappa shape index (κ2) is 9.62. The Labute approximate surface area is 163 Å². The normalized spacial score (nSPS) is 15.5. The summed E-state index contributed by atoms with van der Waals surface area (Å²) in [4.78, 5) is 2.47. The molecule has 2 N–H and O–H groups in total. The average Bonchev–Trinajstić information content (AvgIpc) is 3.18. The van der Waals surface area contributed by atoms with Crippen LogP contribution in [0.25, 0.3) is 0 Å². The lowest BCUT2D eigenvalue weighted by molar-refractivity contribution is -0.0498. The van der Waals surface area contributed by atoms with Gasteiger partial charge in [0.1, 0.15) is 5.75 Å². The van der Waals surface area contributed by atoms with Crippen LogP contribution in [0.3, 0.4) is 0 Å². The number of nitrogens with zero attached hydrogens (tertiary/aromatic N) is 1. The van der Waals surface area contributed by atoms with Crippen LogP contribution in [0.1, 0.15) is 24.4 Å². The molecule has 0 amide bonds. The fourth-order valence-corrected chi connectivity index (χ4v) is 3.47. The first kappa shape index (κ1) is 19.5.